The van der Waals surface area contributed by atoms with Gasteiger partial charge in [-0.1, -0.05) is 13.0 Å². The summed E-state index contributed by atoms with van der Waals surface area (Å²) in [6.45, 7) is 2.67. The average Bonchev–Trinajstić information content (AvgIpc) is 2.75. The van der Waals surface area contributed by atoms with Crippen LogP contribution in [0.3, 0.4) is 0 Å². The smallest absolute Gasteiger partial charge is 0.408 e. The van der Waals surface area contributed by atoms with Crippen LogP contribution in [0, 0.1) is 0 Å². The van der Waals surface area contributed by atoms with Crippen molar-refractivity contribution in [2.24, 2.45) is 0 Å². The van der Waals surface area contributed by atoms with Gasteiger partial charge in [0, 0.05) is 24.5 Å². The zero-order valence-corrected chi connectivity index (χ0v) is 11.2. The van der Waals surface area contributed by atoms with Crippen LogP contribution in [0.4, 0.5) is 5.69 Å². The van der Waals surface area contributed by atoms with Crippen molar-refractivity contribution < 1.29 is 4.42 Å². The number of nitrogen functional groups attached to an aromatic ring is 1. The molecule has 102 valence electrons. The minimum atomic E-state index is -0.315. The van der Waals surface area contributed by atoms with Gasteiger partial charge in [0.2, 0.25) is 0 Å². The largest absolute Gasteiger partial charge is 0.419 e. The second-order valence-corrected chi connectivity index (χ2v) is 4.71. The Kier molecular flexibility index (Phi) is 3.02. The standard InChI is InChI=1S/C15H15N3O2/c1-2-5-18-13-7-10(3-4-14(13)20-15(18)19)11-6-12(16)9-17-8-11/h3-4,6-9H,2,5,16H2,1H3. The van der Waals surface area contributed by atoms with Gasteiger partial charge in [-0.05, 0) is 30.2 Å². The van der Waals surface area contributed by atoms with Crippen LogP contribution >= 0.6 is 0 Å². The first-order valence-corrected chi connectivity index (χ1v) is 6.53. The molecule has 0 aliphatic heterocycles. The van der Waals surface area contributed by atoms with E-state index in [9.17, 15) is 4.79 Å². The molecule has 2 heterocycles. The second kappa shape index (κ2) is 4.85. The molecule has 2 aromatic heterocycles. The summed E-state index contributed by atoms with van der Waals surface area (Å²) in [7, 11) is 0. The van der Waals surface area contributed by atoms with Gasteiger partial charge in [-0.15, -0.1) is 0 Å². The molecule has 3 aromatic rings. The maximum absolute atomic E-state index is 11.8. The second-order valence-electron chi connectivity index (χ2n) is 4.71. The third-order valence-corrected chi connectivity index (χ3v) is 3.21. The lowest BCUT2D eigenvalue weighted by Gasteiger charge is -2.04. The molecular formula is C15H15N3O2. The summed E-state index contributed by atoms with van der Waals surface area (Å²) >= 11 is 0. The number of oxazole rings is 1. The van der Waals surface area contributed by atoms with Crippen molar-refractivity contribution in [3.8, 4) is 11.1 Å². The molecule has 1 aromatic carbocycles. The summed E-state index contributed by atoms with van der Waals surface area (Å²) in [5.41, 5.74) is 9.65. The predicted octanol–water partition coefficient (Wildman–Crippen LogP) is 2.65. The zero-order valence-electron chi connectivity index (χ0n) is 11.2. The summed E-state index contributed by atoms with van der Waals surface area (Å²) in [5, 5.41) is 0. The SMILES string of the molecule is CCCn1c(=O)oc2ccc(-c3cncc(N)c3)cc21. The van der Waals surface area contributed by atoms with Crippen molar-refractivity contribution in [2.45, 2.75) is 19.9 Å². The fraction of sp³-hybridized carbons (Fsp3) is 0.200. The summed E-state index contributed by atoms with van der Waals surface area (Å²) < 4.78 is 6.88. The summed E-state index contributed by atoms with van der Waals surface area (Å²) in [4.78, 5) is 15.9. The average molecular weight is 269 g/mol. The first-order chi connectivity index (χ1) is 9.69. The molecule has 0 atom stereocenters. The minimum Gasteiger partial charge on any atom is -0.408 e. The van der Waals surface area contributed by atoms with Gasteiger partial charge in [0.25, 0.3) is 0 Å². The van der Waals surface area contributed by atoms with Crippen molar-refractivity contribution in [1.29, 1.82) is 0 Å². The highest BCUT2D eigenvalue weighted by Crippen LogP contribution is 2.24. The van der Waals surface area contributed by atoms with Crippen molar-refractivity contribution in [1.82, 2.24) is 9.55 Å². The fourth-order valence-electron chi connectivity index (χ4n) is 2.29. The third kappa shape index (κ3) is 2.07. The van der Waals surface area contributed by atoms with Crippen LogP contribution in [0.15, 0.2) is 45.9 Å². The number of hydrogen-bond acceptors (Lipinski definition) is 4. The maximum atomic E-state index is 11.8. The van der Waals surface area contributed by atoms with E-state index in [0.29, 0.717) is 17.8 Å². The fourth-order valence-corrected chi connectivity index (χ4v) is 2.29. The normalized spacial score (nSPS) is 11.1. The van der Waals surface area contributed by atoms with E-state index >= 15 is 0 Å². The Hall–Kier alpha value is -2.56. The number of pyridine rings is 1. The number of benzene rings is 1. The molecule has 0 saturated heterocycles. The van der Waals surface area contributed by atoms with Crippen LogP contribution in [0.5, 0.6) is 0 Å². The monoisotopic (exact) mass is 269 g/mol. The van der Waals surface area contributed by atoms with Crippen LogP contribution in [-0.4, -0.2) is 9.55 Å². The van der Waals surface area contributed by atoms with Crippen LogP contribution in [0.2, 0.25) is 0 Å². The van der Waals surface area contributed by atoms with Crippen LogP contribution in [-0.2, 0) is 6.54 Å². The lowest BCUT2D eigenvalue weighted by molar-refractivity contribution is 0.502. The Morgan fingerprint density at radius 1 is 1.25 bits per heavy atom. The van der Waals surface area contributed by atoms with Crippen molar-refractivity contribution in [3.05, 3.63) is 47.2 Å². The van der Waals surface area contributed by atoms with E-state index in [1.54, 1.807) is 23.0 Å². The molecule has 0 radical (unpaired) electrons. The lowest BCUT2D eigenvalue weighted by atomic mass is 10.1. The van der Waals surface area contributed by atoms with Gasteiger partial charge in [0.15, 0.2) is 5.58 Å². The highest BCUT2D eigenvalue weighted by molar-refractivity contribution is 5.81. The van der Waals surface area contributed by atoms with Crippen LogP contribution in [0.25, 0.3) is 22.2 Å². The number of aryl methyl sites for hydroxylation is 1. The summed E-state index contributed by atoms with van der Waals surface area (Å²) in [5.74, 6) is -0.315. The van der Waals surface area contributed by atoms with Gasteiger partial charge in [0.1, 0.15) is 0 Å². The molecule has 5 nitrogen and oxygen atoms in total. The summed E-state index contributed by atoms with van der Waals surface area (Å²) in [6.07, 6.45) is 4.23. The van der Waals surface area contributed by atoms with Crippen molar-refractivity contribution in [2.75, 3.05) is 5.73 Å². The molecule has 0 bridgehead atoms. The molecule has 0 fully saturated rings. The molecule has 0 aliphatic carbocycles. The Balaban J connectivity index is 2.19. The zero-order chi connectivity index (χ0) is 14.1. The minimum absolute atomic E-state index is 0.315. The quantitative estimate of drug-likeness (QED) is 0.793. The number of hydrogen-bond donors (Lipinski definition) is 1. The molecule has 3 rings (SSSR count). The number of nitrogens with zero attached hydrogens (tertiary/aromatic N) is 2. The number of anilines is 1. The van der Waals surface area contributed by atoms with E-state index in [4.69, 9.17) is 10.2 Å². The Morgan fingerprint density at radius 2 is 2.10 bits per heavy atom. The van der Waals surface area contributed by atoms with Crippen molar-refractivity contribution >= 4 is 16.8 Å². The van der Waals surface area contributed by atoms with Crippen molar-refractivity contribution in [3.63, 3.8) is 0 Å². The van der Waals surface area contributed by atoms with Gasteiger partial charge in [-0.3, -0.25) is 9.55 Å². The van der Waals surface area contributed by atoms with E-state index < -0.39 is 0 Å². The molecular weight excluding hydrogens is 254 g/mol. The molecule has 0 aliphatic rings. The predicted molar refractivity (Wildman–Crippen MR) is 78.4 cm³/mol. The molecule has 5 heteroatoms. The first-order valence-electron chi connectivity index (χ1n) is 6.53. The van der Waals surface area contributed by atoms with Gasteiger partial charge >= 0.3 is 5.76 Å². The van der Waals surface area contributed by atoms with E-state index in [1.807, 2.05) is 25.1 Å². The molecule has 0 saturated carbocycles. The molecule has 20 heavy (non-hydrogen) atoms. The first kappa shape index (κ1) is 12.5. The van der Waals surface area contributed by atoms with Crippen LogP contribution in [0.1, 0.15) is 13.3 Å². The van der Waals surface area contributed by atoms with Gasteiger partial charge < -0.3 is 10.2 Å². The number of fused-ring (bicyclic) bond motifs is 1. The van der Waals surface area contributed by atoms with E-state index in [2.05, 4.69) is 4.98 Å². The van der Waals surface area contributed by atoms with Gasteiger partial charge in [-0.2, -0.15) is 0 Å². The number of nitrogens with two attached hydrogens (primary N) is 1. The highest BCUT2D eigenvalue weighted by atomic mass is 16.4. The molecule has 0 spiro atoms. The Labute approximate surface area is 115 Å². The highest BCUT2D eigenvalue weighted by Gasteiger charge is 2.10. The lowest BCUT2D eigenvalue weighted by Crippen LogP contribution is -2.13. The Morgan fingerprint density at radius 3 is 2.85 bits per heavy atom. The molecule has 2 N–H and O–H groups in total. The molecule has 0 unspecified atom stereocenters. The third-order valence-electron chi connectivity index (χ3n) is 3.21. The number of rotatable bonds is 3. The number of aromatic nitrogens is 2. The van der Waals surface area contributed by atoms with E-state index in [1.165, 1.54) is 0 Å². The van der Waals surface area contributed by atoms with E-state index in [-0.39, 0.29) is 5.76 Å². The maximum Gasteiger partial charge on any atom is 0.419 e. The van der Waals surface area contributed by atoms with Gasteiger partial charge in [0.05, 0.1) is 11.2 Å². The van der Waals surface area contributed by atoms with E-state index in [0.717, 1.165) is 23.1 Å². The Bertz CT molecular complexity index is 817. The molecule has 0 amide bonds. The topological polar surface area (TPSA) is 74.0 Å². The van der Waals surface area contributed by atoms with Gasteiger partial charge in [-0.25, -0.2) is 4.79 Å². The van der Waals surface area contributed by atoms with Crippen LogP contribution < -0.4 is 11.5 Å². The summed E-state index contributed by atoms with van der Waals surface area (Å²) in [6, 6.07) is 7.50.